The molecule has 0 aromatic carbocycles. The fourth-order valence-electron chi connectivity index (χ4n) is 2.14. The minimum Gasteiger partial charge on any atom is -0.349 e. The average molecular weight is 312 g/mol. The molecule has 2 heterocycles. The SMILES string of the molecule is Cc1ccnc(N(C)CC(=O)N2CCCC2)c1Br. The summed E-state index contributed by atoms with van der Waals surface area (Å²) in [5.41, 5.74) is 1.13. The van der Waals surface area contributed by atoms with Gasteiger partial charge in [-0.15, -0.1) is 0 Å². The number of nitrogens with zero attached hydrogens (tertiary/aromatic N) is 3. The molecule has 5 heteroatoms. The molecule has 0 saturated carbocycles. The molecule has 1 fully saturated rings. The molecule has 18 heavy (non-hydrogen) atoms. The summed E-state index contributed by atoms with van der Waals surface area (Å²) in [6.07, 6.45) is 4.02. The third-order valence-electron chi connectivity index (χ3n) is 3.26. The molecule has 1 aliphatic heterocycles. The van der Waals surface area contributed by atoms with Crippen LogP contribution in [0.25, 0.3) is 0 Å². The van der Waals surface area contributed by atoms with Gasteiger partial charge in [0.1, 0.15) is 5.82 Å². The first-order valence-electron chi connectivity index (χ1n) is 6.19. The predicted octanol–water partition coefficient (Wildman–Crippen LogP) is 2.21. The summed E-state index contributed by atoms with van der Waals surface area (Å²) in [5.74, 6) is 1.01. The summed E-state index contributed by atoms with van der Waals surface area (Å²) in [6, 6.07) is 1.95. The number of anilines is 1. The van der Waals surface area contributed by atoms with Crippen LogP contribution in [0.4, 0.5) is 5.82 Å². The monoisotopic (exact) mass is 311 g/mol. The van der Waals surface area contributed by atoms with Gasteiger partial charge >= 0.3 is 0 Å². The molecule has 1 aromatic heterocycles. The number of carbonyl (C=O) groups is 1. The molecule has 0 unspecified atom stereocenters. The van der Waals surface area contributed by atoms with Gasteiger partial charge in [0.15, 0.2) is 0 Å². The van der Waals surface area contributed by atoms with Crippen molar-refractivity contribution >= 4 is 27.7 Å². The number of aromatic nitrogens is 1. The number of aryl methyl sites for hydroxylation is 1. The number of carbonyl (C=O) groups excluding carboxylic acids is 1. The van der Waals surface area contributed by atoms with Crippen molar-refractivity contribution in [2.75, 3.05) is 31.6 Å². The van der Waals surface area contributed by atoms with Crippen LogP contribution in [-0.4, -0.2) is 42.5 Å². The van der Waals surface area contributed by atoms with Crippen molar-refractivity contribution < 1.29 is 4.79 Å². The van der Waals surface area contributed by atoms with Gasteiger partial charge in [0.2, 0.25) is 5.91 Å². The molecule has 1 aromatic rings. The third kappa shape index (κ3) is 2.83. The summed E-state index contributed by atoms with van der Waals surface area (Å²) in [6.45, 7) is 4.20. The number of rotatable bonds is 3. The van der Waals surface area contributed by atoms with Crippen molar-refractivity contribution in [1.82, 2.24) is 9.88 Å². The lowest BCUT2D eigenvalue weighted by molar-refractivity contribution is -0.128. The normalized spacial score (nSPS) is 14.9. The van der Waals surface area contributed by atoms with Crippen LogP contribution < -0.4 is 4.90 Å². The molecule has 1 aliphatic rings. The molecule has 0 spiro atoms. The highest BCUT2D eigenvalue weighted by atomic mass is 79.9. The maximum Gasteiger partial charge on any atom is 0.242 e. The van der Waals surface area contributed by atoms with Gasteiger partial charge in [0, 0.05) is 26.3 Å². The Morgan fingerprint density at radius 3 is 2.83 bits per heavy atom. The molecule has 1 amide bonds. The molecule has 0 atom stereocenters. The van der Waals surface area contributed by atoms with Gasteiger partial charge in [0.25, 0.3) is 0 Å². The van der Waals surface area contributed by atoms with E-state index in [0.29, 0.717) is 6.54 Å². The first-order chi connectivity index (χ1) is 8.59. The van der Waals surface area contributed by atoms with E-state index in [0.717, 1.165) is 41.8 Å². The van der Waals surface area contributed by atoms with Crippen LogP contribution in [0.3, 0.4) is 0 Å². The number of likely N-dealkylation sites (tertiary alicyclic amines) is 1. The van der Waals surface area contributed by atoms with Gasteiger partial charge in [0.05, 0.1) is 11.0 Å². The fraction of sp³-hybridized carbons (Fsp3) is 0.538. The Bertz CT molecular complexity index is 444. The van der Waals surface area contributed by atoms with Crippen molar-refractivity contribution in [3.8, 4) is 0 Å². The van der Waals surface area contributed by atoms with Crippen molar-refractivity contribution in [2.45, 2.75) is 19.8 Å². The Morgan fingerprint density at radius 2 is 2.17 bits per heavy atom. The molecule has 0 N–H and O–H groups in total. The van der Waals surface area contributed by atoms with Crippen molar-refractivity contribution in [2.24, 2.45) is 0 Å². The lowest BCUT2D eigenvalue weighted by Gasteiger charge is -2.23. The first-order valence-corrected chi connectivity index (χ1v) is 6.99. The van der Waals surface area contributed by atoms with Gasteiger partial charge in [-0.25, -0.2) is 4.98 Å². The summed E-state index contributed by atoms with van der Waals surface area (Å²) >= 11 is 3.53. The van der Waals surface area contributed by atoms with E-state index < -0.39 is 0 Å². The van der Waals surface area contributed by atoms with E-state index in [1.165, 1.54) is 0 Å². The van der Waals surface area contributed by atoms with E-state index in [4.69, 9.17) is 0 Å². The molecule has 0 aliphatic carbocycles. The Morgan fingerprint density at radius 1 is 1.50 bits per heavy atom. The maximum absolute atomic E-state index is 12.1. The Balaban J connectivity index is 2.04. The van der Waals surface area contributed by atoms with E-state index in [2.05, 4.69) is 20.9 Å². The first kappa shape index (κ1) is 13.3. The second kappa shape index (κ2) is 5.69. The molecule has 0 radical (unpaired) electrons. The Kier molecular flexibility index (Phi) is 4.22. The maximum atomic E-state index is 12.1. The zero-order chi connectivity index (χ0) is 13.1. The summed E-state index contributed by atoms with van der Waals surface area (Å²) in [7, 11) is 1.90. The highest BCUT2D eigenvalue weighted by Crippen LogP contribution is 2.25. The van der Waals surface area contributed by atoms with E-state index in [1.54, 1.807) is 6.20 Å². The zero-order valence-electron chi connectivity index (χ0n) is 10.8. The lowest BCUT2D eigenvalue weighted by atomic mass is 10.3. The number of pyridine rings is 1. The molecule has 0 bridgehead atoms. The van der Waals surface area contributed by atoms with Crippen molar-refractivity contribution in [3.05, 3.63) is 22.3 Å². The number of halogens is 1. The summed E-state index contributed by atoms with van der Waals surface area (Å²) in [4.78, 5) is 20.2. The average Bonchev–Trinajstić information content (AvgIpc) is 2.86. The summed E-state index contributed by atoms with van der Waals surface area (Å²) in [5, 5.41) is 0. The fourth-order valence-corrected chi connectivity index (χ4v) is 2.67. The van der Waals surface area contributed by atoms with Crippen LogP contribution in [0.2, 0.25) is 0 Å². The molecule has 2 rings (SSSR count). The van der Waals surface area contributed by atoms with Crippen molar-refractivity contribution in [1.29, 1.82) is 0 Å². The molecule has 4 nitrogen and oxygen atoms in total. The summed E-state index contributed by atoms with van der Waals surface area (Å²) < 4.78 is 0.960. The third-order valence-corrected chi connectivity index (χ3v) is 4.24. The lowest BCUT2D eigenvalue weighted by Crippen LogP contribution is -2.37. The van der Waals surface area contributed by atoms with E-state index in [1.807, 2.05) is 29.8 Å². The molecular weight excluding hydrogens is 294 g/mol. The highest BCUT2D eigenvalue weighted by Gasteiger charge is 2.20. The minimum absolute atomic E-state index is 0.185. The largest absolute Gasteiger partial charge is 0.349 e. The van der Waals surface area contributed by atoms with Gasteiger partial charge in [-0.05, 0) is 47.3 Å². The van der Waals surface area contributed by atoms with E-state index >= 15 is 0 Å². The van der Waals surface area contributed by atoms with Crippen LogP contribution in [-0.2, 0) is 4.79 Å². The van der Waals surface area contributed by atoms with Crippen LogP contribution in [0.5, 0.6) is 0 Å². The van der Waals surface area contributed by atoms with Crippen LogP contribution in [0.1, 0.15) is 18.4 Å². The van der Waals surface area contributed by atoms with Crippen LogP contribution in [0.15, 0.2) is 16.7 Å². The molecule has 1 saturated heterocycles. The number of hydrogen-bond acceptors (Lipinski definition) is 3. The number of hydrogen-bond donors (Lipinski definition) is 0. The second-order valence-corrected chi connectivity index (χ2v) is 5.50. The van der Waals surface area contributed by atoms with Gasteiger partial charge in [-0.3, -0.25) is 4.79 Å². The highest BCUT2D eigenvalue weighted by molar-refractivity contribution is 9.10. The van der Waals surface area contributed by atoms with Gasteiger partial charge in [-0.1, -0.05) is 0 Å². The second-order valence-electron chi connectivity index (χ2n) is 4.71. The molecule has 98 valence electrons. The quantitative estimate of drug-likeness (QED) is 0.858. The van der Waals surface area contributed by atoms with E-state index in [9.17, 15) is 4.79 Å². The smallest absolute Gasteiger partial charge is 0.242 e. The van der Waals surface area contributed by atoms with E-state index in [-0.39, 0.29) is 5.91 Å². The van der Waals surface area contributed by atoms with Crippen LogP contribution in [0, 0.1) is 6.92 Å². The topological polar surface area (TPSA) is 36.4 Å². The molecular formula is C13H18BrN3O. The predicted molar refractivity (Wildman–Crippen MR) is 75.8 cm³/mol. The van der Waals surface area contributed by atoms with Crippen LogP contribution >= 0.6 is 15.9 Å². The Labute approximate surface area is 116 Å². The Hall–Kier alpha value is -1.10. The van der Waals surface area contributed by atoms with Gasteiger partial charge in [-0.2, -0.15) is 0 Å². The van der Waals surface area contributed by atoms with Gasteiger partial charge < -0.3 is 9.80 Å². The zero-order valence-corrected chi connectivity index (χ0v) is 12.4. The van der Waals surface area contributed by atoms with Crippen molar-refractivity contribution in [3.63, 3.8) is 0 Å². The minimum atomic E-state index is 0.185. The standard InChI is InChI=1S/C13H18BrN3O/c1-10-5-6-15-13(12(10)14)16(2)9-11(18)17-7-3-4-8-17/h5-6H,3-4,7-9H2,1-2H3. The number of amides is 1. The number of likely N-dealkylation sites (N-methyl/N-ethyl adjacent to an activating group) is 1.